The Bertz CT molecular complexity index is 1150. The van der Waals surface area contributed by atoms with Crippen LogP contribution >= 0.6 is 0 Å². The molecule has 0 saturated carbocycles. The molecule has 2 aromatic rings. The SMILES string of the molecule is C/C=C(\N=C(N)CC)c1cc(F)cc(NC(=O)Nc2cccc(/C(=C/C)N=C(N)C(C)C)c2)c1. The van der Waals surface area contributed by atoms with E-state index in [-0.39, 0.29) is 11.6 Å². The Morgan fingerprint density at radius 1 is 0.971 bits per heavy atom. The number of amides is 2. The maximum absolute atomic E-state index is 14.3. The molecule has 0 unspecified atom stereocenters. The second-order valence-electron chi connectivity index (χ2n) is 7.88. The topological polar surface area (TPSA) is 118 Å². The van der Waals surface area contributed by atoms with E-state index in [4.69, 9.17) is 11.5 Å². The smallest absolute Gasteiger partial charge is 0.323 e. The van der Waals surface area contributed by atoms with Gasteiger partial charge in [0.15, 0.2) is 0 Å². The van der Waals surface area contributed by atoms with Crippen molar-refractivity contribution in [2.24, 2.45) is 27.4 Å². The van der Waals surface area contributed by atoms with Crippen molar-refractivity contribution in [1.29, 1.82) is 0 Å². The van der Waals surface area contributed by atoms with Crippen LogP contribution in [0.4, 0.5) is 20.6 Å². The molecule has 34 heavy (non-hydrogen) atoms. The van der Waals surface area contributed by atoms with Gasteiger partial charge >= 0.3 is 6.03 Å². The summed E-state index contributed by atoms with van der Waals surface area (Å²) in [5.74, 6) is 0.573. The number of carbonyl (C=O) groups excluding carboxylic acids is 1. The van der Waals surface area contributed by atoms with E-state index < -0.39 is 11.8 Å². The number of aliphatic imine (C=N–C) groups is 2. The lowest BCUT2D eigenvalue weighted by atomic mass is 10.1. The molecule has 7 nitrogen and oxygen atoms in total. The van der Waals surface area contributed by atoms with Gasteiger partial charge in [0.2, 0.25) is 0 Å². The number of amidine groups is 2. The lowest BCUT2D eigenvalue weighted by Crippen LogP contribution is -2.20. The van der Waals surface area contributed by atoms with Crippen molar-refractivity contribution in [3.63, 3.8) is 0 Å². The molecule has 0 radical (unpaired) electrons. The highest BCUT2D eigenvalue weighted by molar-refractivity contribution is 6.00. The zero-order valence-electron chi connectivity index (χ0n) is 20.3. The van der Waals surface area contributed by atoms with Gasteiger partial charge in [-0.05, 0) is 44.2 Å². The van der Waals surface area contributed by atoms with Gasteiger partial charge < -0.3 is 22.1 Å². The molecule has 0 aliphatic heterocycles. The van der Waals surface area contributed by atoms with Crippen molar-refractivity contribution >= 4 is 40.5 Å². The highest BCUT2D eigenvalue weighted by atomic mass is 19.1. The molecule has 0 aliphatic rings. The van der Waals surface area contributed by atoms with Crippen LogP contribution in [0.25, 0.3) is 11.4 Å². The third-order valence-corrected chi connectivity index (χ3v) is 4.88. The molecule has 180 valence electrons. The minimum Gasteiger partial charge on any atom is -0.387 e. The largest absolute Gasteiger partial charge is 0.387 e. The lowest BCUT2D eigenvalue weighted by Gasteiger charge is -2.12. The number of benzene rings is 2. The van der Waals surface area contributed by atoms with Crippen LogP contribution in [0, 0.1) is 11.7 Å². The number of urea groups is 1. The molecule has 0 aliphatic carbocycles. The predicted octanol–water partition coefficient (Wildman–Crippen LogP) is 5.97. The molecule has 6 N–H and O–H groups in total. The predicted molar refractivity (Wildman–Crippen MR) is 141 cm³/mol. The Balaban J connectivity index is 2.22. The van der Waals surface area contributed by atoms with Gasteiger partial charge in [-0.15, -0.1) is 0 Å². The van der Waals surface area contributed by atoms with Gasteiger partial charge in [-0.25, -0.2) is 19.2 Å². The fourth-order valence-electron chi connectivity index (χ4n) is 2.95. The van der Waals surface area contributed by atoms with E-state index >= 15 is 0 Å². The third-order valence-electron chi connectivity index (χ3n) is 4.88. The van der Waals surface area contributed by atoms with Crippen LogP contribution in [-0.4, -0.2) is 17.7 Å². The summed E-state index contributed by atoms with van der Waals surface area (Å²) in [4.78, 5) is 21.4. The Labute approximate surface area is 200 Å². The highest BCUT2D eigenvalue weighted by Crippen LogP contribution is 2.24. The van der Waals surface area contributed by atoms with E-state index in [0.717, 1.165) is 5.56 Å². The van der Waals surface area contributed by atoms with Crippen LogP contribution in [0.3, 0.4) is 0 Å². The van der Waals surface area contributed by atoms with Crippen molar-refractivity contribution in [2.75, 3.05) is 10.6 Å². The minimum absolute atomic E-state index is 0.116. The normalized spacial score (nSPS) is 13.3. The first-order valence-corrected chi connectivity index (χ1v) is 11.2. The summed E-state index contributed by atoms with van der Waals surface area (Å²) in [7, 11) is 0. The van der Waals surface area contributed by atoms with E-state index in [1.54, 1.807) is 31.2 Å². The summed E-state index contributed by atoms with van der Waals surface area (Å²) in [5, 5.41) is 5.44. The van der Waals surface area contributed by atoms with Crippen LogP contribution in [0.1, 0.15) is 52.2 Å². The zero-order valence-corrected chi connectivity index (χ0v) is 20.3. The van der Waals surface area contributed by atoms with Gasteiger partial charge in [0.25, 0.3) is 0 Å². The quantitative estimate of drug-likeness (QED) is 0.285. The fourth-order valence-corrected chi connectivity index (χ4v) is 2.95. The molecular formula is C26H33FN6O. The summed E-state index contributed by atoms with van der Waals surface area (Å²) in [6.07, 6.45) is 4.17. The van der Waals surface area contributed by atoms with Crippen molar-refractivity contribution in [3.8, 4) is 0 Å². The van der Waals surface area contributed by atoms with E-state index in [1.807, 2.05) is 45.9 Å². The summed E-state index contributed by atoms with van der Waals surface area (Å²) in [5.41, 5.74) is 15.2. The Hall–Kier alpha value is -3.94. The van der Waals surface area contributed by atoms with E-state index in [1.165, 1.54) is 12.1 Å². The molecule has 0 bridgehead atoms. The number of rotatable bonds is 8. The minimum atomic E-state index is -0.514. The average molecular weight is 465 g/mol. The van der Waals surface area contributed by atoms with Crippen molar-refractivity contribution < 1.29 is 9.18 Å². The molecule has 0 fully saturated rings. The number of nitrogens with two attached hydrogens (primary N) is 2. The third kappa shape index (κ3) is 7.58. The molecule has 0 aromatic heterocycles. The number of carbonyl (C=O) groups is 1. The van der Waals surface area contributed by atoms with Gasteiger partial charge in [0, 0.05) is 34.8 Å². The molecule has 2 rings (SSSR count). The number of hydrogen-bond acceptors (Lipinski definition) is 3. The van der Waals surface area contributed by atoms with Gasteiger partial charge in [-0.3, -0.25) is 0 Å². The van der Waals surface area contributed by atoms with Crippen LogP contribution in [0.15, 0.2) is 64.6 Å². The molecule has 0 atom stereocenters. The van der Waals surface area contributed by atoms with Crippen LogP contribution in [0.5, 0.6) is 0 Å². The first-order chi connectivity index (χ1) is 16.2. The van der Waals surface area contributed by atoms with Gasteiger partial charge in [0.05, 0.1) is 17.2 Å². The van der Waals surface area contributed by atoms with Gasteiger partial charge in [-0.1, -0.05) is 45.1 Å². The monoisotopic (exact) mass is 464 g/mol. The molecule has 8 heteroatoms. The molecular weight excluding hydrogens is 431 g/mol. The zero-order chi connectivity index (χ0) is 25.3. The number of anilines is 2. The Morgan fingerprint density at radius 3 is 2.21 bits per heavy atom. The van der Waals surface area contributed by atoms with Crippen LogP contribution in [0.2, 0.25) is 0 Å². The number of nitrogens with zero attached hydrogens (tertiary/aromatic N) is 2. The van der Waals surface area contributed by atoms with E-state index in [2.05, 4.69) is 20.6 Å². The number of nitrogens with one attached hydrogen (secondary N) is 2. The highest BCUT2D eigenvalue weighted by Gasteiger charge is 2.10. The second kappa shape index (κ2) is 12.3. The van der Waals surface area contributed by atoms with Gasteiger partial charge in [-0.2, -0.15) is 0 Å². The van der Waals surface area contributed by atoms with Gasteiger partial charge in [0.1, 0.15) is 11.7 Å². The first-order valence-electron chi connectivity index (χ1n) is 11.2. The molecule has 0 saturated heterocycles. The molecule has 0 spiro atoms. The Kier molecular flexibility index (Phi) is 9.55. The average Bonchev–Trinajstić information content (AvgIpc) is 2.80. The summed E-state index contributed by atoms with van der Waals surface area (Å²) in [6, 6.07) is 10.9. The number of allylic oxidation sites excluding steroid dienone is 2. The maximum atomic E-state index is 14.3. The maximum Gasteiger partial charge on any atom is 0.323 e. The fraction of sp³-hybridized carbons (Fsp3) is 0.269. The summed E-state index contributed by atoms with van der Waals surface area (Å²) < 4.78 is 14.3. The van der Waals surface area contributed by atoms with E-state index in [0.29, 0.717) is 40.7 Å². The standard InChI is InChI=1S/C26H33FN6O/c1-6-22(33-25(29)16(4)5)17-10-9-11-20(13-17)30-26(34)31-21-14-18(12-19(27)15-21)23(7-2)32-24(28)8-3/h6-7,9-16H,8H2,1-5H3,(H2,28,32)(H2,29,33)(H2,30,31,34)/b22-6-,23-7-. The first kappa shape index (κ1) is 26.3. The molecule has 2 aromatic carbocycles. The summed E-state index contributed by atoms with van der Waals surface area (Å²) >= 11 is 0. The Morgan fingerprint density at radius 2 is 1.59 bits per heavy atom. The van der Waals surface area contributed by atoms with Crippen molar-refractivity contribution in [1.82, 2.24) is 0 Å². The van der Waals surface area contributed by atoms with E-state index in [9.17, 15) is 9.18 Å². The second-order valence-corrected chi connectivity index (χ2v) is 7.88. The summed E-state index contributed by atoms with van der Waals surface area (Å²) in [6.45, 7) is 9.48. The van der Waals surface area contributed by atoms with Crippen LogP contribution < -0.4 is 22.1 Å². The molecule has 2 amide bonds. The number of halogens is 1. The van der Waals surface area contributed by atoms with Crippen LogP contribution in [-0.2, 0) is 0 Å². The molecule has 0 heterocycles. The number of hydrogen-bond donors (Lipinski definition) is 4. The van der Waals surface area contributed by atoms with Crippen molar-refractivity contribution in [2.45, 2.75) is 41.0 Å². The lowest BCUT2D eigenvalue weighted by molar-refractivity contribution is 0.262. The van der Waals surface area contributed by atoms with Crippen molar-refractivity contribution in [3.05, 3.63) is 71.6 Å².